The smallest absolute Gasteiger partial charge is 0.343 e. The third-order valence-electron chi connectivity index (χ3n) is 3.63. The lowest BCUT2D eigenvalue weighted by atomic mass is 10.2. The van der Waals surface area contributed by atoms with Crippen molar-refractivity contribution in [2.24, 2.45) is 0 Å². The van der Waals surface area contributed by atoms with Gasteiger partial charge in [-0.3, -0.25) is 0 Å². The molecular formula is C22H24O4. The van der Waals surface area contributed by atoms with Crippen LogP contribution in [0.3, 0.4) is 0 Å². The van der Waals surface area contributed by atoms with Gasteiger partial charge in [0.1, 0.15) is 17.2 Å². The molecule has 4 nitrogen and oxygen atoms in total. The van der Waals surface area contributed by atoms with Gasteiger partial charge in [-0.1, -0.05) is 13.3 Å². The van der Waals surface area contributed by atoms with Crippen molar-refractivity contribution < 1.29 is 19.0 Å². The summed E-state index contributed by atoms with van der Waals surface area (Å²) in [5.74, 6) is 4.10. The van der Waals surface area contributed by atoms with E-state index in [2.05, 4.69) is 12.8 Å². The molecule has 0 amide bonds. The Balaban J connectivity index is 1.84. The summed E-state index contributed by atoms with van der Waals surface area (Å²) in [6, 6.07) is 13.9. The van der Waals surface area contributed by atoms with Gasteiger partial charge in [0.25, 0.3) is 0 Å². The Morgan fingerprint density at radius 1 is 0.885 bits per heavy atom. The van der Waals surface area contributed by atoms with Crippen LogP contribution in [0.25, 0.3) is 0 Å². The van der Waals surface area contributed by atoms with Gasteiger partial charge >= 0.3 is 5.97 Å². The summed E-state index contributed by atoms with van der Waals surface area (Å²) in [5.41, 5.74) is 0.474. The van der Waals surface area contributed by atoms with Crippen LogP contribution in [0.15, 0.2) is 48.5 Å². The molecule has 2 rings (SSSR count). The molecule has 26 heavy (non-hydrogen) atoms. The average molecular weight is 352 g/mol. The number of hydrogen-bond acceptors (Lipinski definition) is 4. The van der Waals surface area contributed by atoms with Crippen LogP contribution in [0.5, 0.6) is 17.2 Å². The number of esters is 1. The van der Waals surface area contributed by atoms with E-state index in [1.807, 2.05) is 0 Å². The predicted molar refractivity (Wildman–Crippen MR) is 102 cm³/mol. The van der Waals surface area contributed by atoms with E-state index < -0.39 is 5.97 Å². The quantitative estimate of drug-likeness (QED) is 0.265. The minimum atomic E-state index is -0.409. The molecule has 0 fully saturated rings. The molecule has 0 saturated carbocycles. The van der Waals surface area contributed by atoms with Gasteiger partial charge in [-0.15, -0.1) is 12.3 Å². The Kier molecular flexibility index (Phi) is 8.08. The SMILES string of the molecule is C#CCCCOc1ccc(OC(=O)c2ccc(OCCCC)cc2)cc1. The van der Waals surface area contributed by atoms with E-state index in [1.165, 1.54) is 0 Å². The number of benzene rings is 2. The number of ether oxygens (including phenoxy) is 3. The van der Waals surface area contributed by atoms with Crippen molar-refractivity contribution in [3.63, 3.8) is 0 Å². The van der Waals surface area contributed by atoms with Gasteiger partial charge in [-0.25, -0.2) is 4.79 Å². The summed E-state index contributed by atoms with van der Waals surface area (Å²) in [4.78, 5) is 12.2. The Morgan fingerprint density at radius 3 is 2.00 bits per heavy atom. The Hall–Kier alpha value is -2.93. The predicted octanol–water partition coefficient (Wildman–Crippen LogP) is 4.88. The van der Waals surface area contributed by atoms with E-state index in [9.17, 15) is 4.79 Å². The summed E-state index contributed by atoms with van der Waals surface area (Å²) in [7, 11) is 0. The van der Waals surface area contributed by atoms with Crippen LogP contribution in [0, 0.1) is 12.3 Å². The largest absolute Gasteiger partial charge is 0.494 e. The maximum atomic E-state index is 12.2. The highest BCUT2D eigenvalue weighted by Gasteiger charge is 2.09. The molecule has 0 radical (unpaired) electrons. The van der Waals surface area contributed by atoms with Crippen LogP contribution in [-0.2, 0) is 0 Å². The second-order valence-corrected chi connectivity index (χ2v) is 5.74. The van der Waals surface area contributed by atoms with Gasteiger partial charge in [0.15, 0.2) is 0 Å². The van der Waals surface area contributed by atoms with Crippen molar-refractivity contribution in [2.45, 2.75) is 32.6 Å². The van der Waals surface area contributed by atoms with E-state index in [4.69, 9.17) is 20.6 Å². The van der Waals surface area contributed by atoms with Gasteiger partial charge in [0, 0.05) is 6.42 Å². The van der Waals surface area contributed by atoms with E-state index in [-0.39, 0.29) is 0 Å². The van der Waals surface area contributed by atoms with Crippen LogP contribution in [0.2, 0.25) is 0 Å². The van der Waals surface area contributed by atoms with E-state index in [0.29, 0.717) is 30.9 Å². The molecule has 0 atom stereocenters. The molecule has 0 aromatic heterocycles. The summed E-state index contributed by atoms with van der Waals surface area (Å²) in [5, 5.41) is 0. The fourth-order valence-corrected chi connectivity index (χ4v) is 2.16. The van der Waals surface area contributed by atoms with E-state index in [0.717, 1.165) is 30.8 Å². The Morgan fingerprint density at radius 2 is 1.42 bits per heavy atom. The number of terminal acetylenes is 1. The first-order valence-corrected chi connectivity index (χ1v) is 8.84. The molecule has 0 unspecified atom stereocenters. The topological polar surface area (TPSA) is 44.8 Å². The minimum Gasteiger partial charge on any atom is -0.494 e. The van der Waals surface area contributed by atoms with Crippen molar-refractivity contribution in [1.82, 2.24) is 0 Å². The van der Waals surface area contributed by atoms with Gasteiger partial charge in [0.05, 0.1) is 18.8 Å². The highest BCUT2D eigenvalue weighted by atomic mass is 16.5. The minimum absolute atomic E-state index is 0.409. The van der Waals surface area contributed by atoms with Crippen LogP contribution >= 0.6 is 0 Å². The first-order chi connectivity index (χ1) is 12.7. The molecular weight excluding hydrogens is 328 g/mol. The van der Waals surface area contributed by atoms with Crippen molar-refractivity contribution >= 4 is 5.97 Å². The number of carbonyl (C=O) groups is 1. The fourth-order valence-electron chi connectivity index (χ4n) is 2.16. The fraction of sp³-hybridized carbons (Fsp3) is 0.318. The monoisotopic (exact) mass is 352 g/mol. The Bertz CT molecular complexity index is 711. The lowest BCUT2D eigenvalue weighted by Crippen LogP contribution is -2.08. The van der Waals surface area contributed by atoms with Crippen molar-refractivity contribution in [3.05, 3.63) is 54.1 Å². The normalized spacial score (nSPS) is 10.0. The van der Waals surface area contributed by atoms with E-state index in [1.54, 1.807) is 48.5 Å². The van der Waals surface area contributed by atoms with Gasteiger partial charge in [0.2, 0.25) is 0 Å². The van der Waals surface area contributed by atoms with Crippen LogP contribution < -0.4 is 14.2 Å². The number of carbonyl (C=O) groups excluding carboxylic acids is 1. The summed E-state index contributed by atoms with van der Waals surface area (Å²) >= 11 is 0. The molecule has 0 N–H and O–H groups in total. The number of hydrogen-bond donors (Lipinski definition) is 0. The van der Waals surface area contributed by atoms with Gasteiger partial charge in [-0.05, 0) is 61.4 Å². The van der Waals surface area contributed by atoms with Crippen molar-refractivity contribution in [1.29, 1.82) is 0 Å². The van der Waals surface area contributed by atoms with Gasteiger partial charge < -0.3 is 14.2 Å². The van der Waals surface area contributed by atoms with Crippen molar-refractivity contribution in [3.8, 4) is 29.6 Å². The average Bonchev–Trinajstić information content (AvgIpc) is 2.67. The maximum absolute atomic E-state index is 12.2. The lowest BCUT2D eigenvalue weighted by molar-refractivity contribution is 0.0734. The second kappa shape index (κ2) is 10.8. The summed E-state index contributed by atoms with van der Waals surface area (Å²) in [6.07, 6.45) is 8.79. The van der Waals surface area contributed by atoms with Crippen LogP contribution in [-0.4, -0.2) is 19.2 Å². The summed E-state index contributed by atoms with van der Waals surface area (Å²) in [6.45, 7) is 3.36. The molecule has 0 aliphatic heterocycles. The molecule has 0 aliphatic rings. The second-order valence-electron chi connectivity index (χ2n) is 5.74. The molecule has 0 heterocycles. The zero-order valence-corrected chi connectivity index (χ0v) is 15.1. The first-order valence-electron chi connectivity index (χ1n) is 8.84. The van der Waals surface area contributed by atoms with Crippen molar-refractivity contribution in [2.75, 3.05) is 13.2 Å². The first kappa shape index (κ1) is 19.4. The summed E-state index contributed by atoms with van der Waals surface area (Å²) < 4.78 is 16.5. The zero-order chi connectivity index (χ0) is 18.6. The van der Waals surface area contributed by atoms with Crippen LogP contribution in [0.4, 0.5) is 0 Å². The molecule has 0 saturated heterocycles. The highest BCUT2D eigenvalue weighted by molar-refractivity contribution is 5.91. The molecule has 4 heteroatoms. The van der Waals surface area contributed by atoms with E-state index >= 15 is 0 Å². The maximum Gasteiger partial charge on any atom is 0.343 e. The molecule has 136 valence electrons. The zero-order valence-electron chi connectivity index (χ0n) is 15.1. The number of unbranched alkanes of at least 4 members (excludes halogenated alkanes) is 2. The third-order valence-corrected chi connectivity index (χ3v) is 3.63. The number of rotatable bonds is 10. The van der Waals surface area contributed by atoms with Crippen LogP contribution in [0.1, 0.15) is 43.0 Å². The molecule has 2 aromatic carbocycles. The van der Waals surface area contributed by atoms with Gasteiger partial charge in [-0.2, -0.15) is 0 Å². The Labute approximate surface area is 155 Å². The molecule has 2 aromatic rings. The molecule has 0 bridgehead atoms. The third kappa shape index (κ3) is 6.52. The molecule has 0 spiro atoms. The molecule has 0 aliphatic carbocycles. The standard InChI is InChI=1S/C22H24O4/c1-3-5-7-17-25-20-12-14-21(15-13-20)26-22(23)18-8-10-19(11-9-18)24-16-6-4-2/h1,8-15H,4-7,16-17H2,2H3. The highest BCUT2D eigenvalue weighted by Crippen LogP contribution is 2.20. The lowest BCUT2D eigenvalue weighted by Gasteiger charge is -2.08.